The van der Waals surface area contributed by atoms with E-state index >= 15 is 0 Å². The van der Waals surface area contributed by atoms with Crippen molar-refractivity contribution in [1.29, 1.82) is 0 Å². The van der Waals surface area contributed by atoms with Crippen LogP contribution in [0.15, 0.2) is 6.99 Å². The number of rotatable bonds is 5. The predicted octanol–water partition coefficient (Wildman–Crippen LogP) is 6.77. The van der Waals surface area contributed by atoms with Gasteiger partial charge in [0.25, 0.3) is 0 Å². The average molecular weight is 409 g/mol. The summed E-state index contributed by atoms with van der Waals surface area (Å²) in [5.41, 5.74) is 0.216. The zero-order chi connectivity index (χ0) is 18.0. The van der Waals surface area contributed by atoms with Crippen molar-refractivity contribution in [3.8, 4) is 0 Å². The average Bonchev–Trinajstić information content (AvgIpc) is 2.23. The minimum absolute atomic E-state index is 0. The van der Waals surface area contributed by atoms with Gasteiger partial charge < -0.3 is 18.1 Å². The Labute approximate surface area is 155 Å². The first kappa shape index (κ1) is 28.0. The van der Waals surface area contributed by atoms with Crippen LogP contribution < -0.4 is 0 Å². The van der Waals surface area contributed by atoms with E-state index in [9.17, 15) is 0 Å². The van der Waals surface area contributed by atoms with Gasteiger partial charge in [0.05, 0.1) is 0 Å². The maximum absolute atomic E-state index is 4.51. The van der Waals surface area contributed by atoms with Crippen LogP contribution in [0.5, 0.6) is 0 Å². The molecule has 0 aromatic heterocycles. The van der Waals surface area contributed by atoms with Crippen molar-refractivity contribution >= 4 is 0 Å². The van der Waals surface area contributed by atoms with Gasteiger partial charge in [-0.25, -0.2) is 6.17 Å². The van der Waals surface area contributed by atoms with E-state index < -0.39 is 18.2 Å². The summed E-state index contributed by atoms with van der Waals surface area (Å²) in [6.45, 7) is 23.2. The molecule has 0 aliphatic rings. The minimum Gasteiger partial charge on any atom is -0.676 e. The molecule has 0 aliphatic carbocycles. The molecule has 0 rings (SSSR count). The molecule has 0 aromatic rings. The first-order chi connectivity index (χ1) is 9.76. The van der Waals surface area contributed by atoms with Gasteiger partial charge in [0.1, 0.15) is 0 Å². The van der Waals surface area contributed by atoms with Crippen LogP contribution in [-0.2, 0) is 18.2 Å². The van der Waals surface area contributed by atoms with Gasteiger partial charge in [-0.3, -0.25) is 0 Å². The summed E-state index contributed by atoms with van der Waals surface area (Å²) in [5.74, 6) is 0. The van der Waals surface area contributed by atoms with E-state index in [1.165, 1.54) is 0 Å². The molecule has 0 saturated carbocycles. The van der Waals surface area contributed by atoms with Crippen LogP contribution in [0, 0.1) is 7.43 Å². The molecule has 0 bridgehead atoms. The van der Waals surface area contributed by atoms with Crippen LogP contribution in [0.3, 0.4) is 0 Å². The van der Waals surface area contributed by atoms with Crippen LogP contribution in [-0.4, -0.2) is 29.3 Å². The molecule has 4 nitrogen and oxygen atoms in total. The van der Waals surface area contributed by atoms with Crippen molar-refractivity contribution in [3.05, 3.63) is 18.1 Å². The maximum Gasteiger partial charge on any atom is -0.0684 e. The van der Waals surface area contributed by atoms with Crippen molar-refractivity contribution in [2.75, 3.05) is 0 Å². The zero-order valence-electron chi connectivity index (χ0n) is 17.6. The van der Waals surface area contributed by atoms with Crippen molar-refractivity contribution < 1.29 is 18.2 Å². The summed E-state index contributed by atoms with van der Waals surface area (Å²) in [7, 11) is 0. The third-order valence-electron chi connectivity index (χ3n) is 1.93. The molecule has 0 radical (unpaired) electrons. The molecular weight excluding hydrogens is 368 g/mol. The second kappa shape index (κ2) is 13.5. The summed E-state index contributed by atoms with van der Waals surface area (Å²) in [6, 6.07) is 0.810. The first-order valence-electron chi connectivity index (χ1n) is 8.27. The molecule has 0 amide bonds. The summed E-state index contributed by atoms with van der Waals surface area (Å²) < 4.78 is 9.01. The molecule has 23 heavy (non-hydrogen) atoms. The maximum atomic E-state index is 4.51. The van der Waals surface area contributed by atoms with Gasteiger partial charge in [-0.2, -0.15) is 0 Å². The zero-order valence-corrected chi connectivity index (χ0v) is 19.6. The van der Waals surface area contributed by atoms with Gasteiger partial charge in [0.15, 0.2) is 0 Å². The molecule has 0 heterocycles. The summed E-state index contributed by atoms with van der Waals surface area (Å²) in [6.07, 6.45) is 1.24. The van der Waals surface area contributed by atoms with Crippen LogP contribution in [0.4, 0.5) is 0 Å². The van der Waals surface area contributed by atoms with Crippen molar-refractivity contribution in [1.82, 2.24) is 0 Å². The molecule has 0 aliphatic heterocycles. The number of hydrogen-bond donors (Lipinski definition) is 0. The second-order valence-electron chi connectivity index (χ2n) is 7.98. The summed E-state index contributed by atoms with van der Waals surface area (Å²) in [4.78, 5) is 0. The molecule has 5 heteroatoms. The third-order valence-corrected chi connectivity index (χ3v) is 5.03. The Morgan fingerprint density at radius 2 is 1.09 bits per heavy atom. The number of nitrogens with zero attached hydrogens (tertiary/aromatic N) is 4. The standard InChI is InChI=1S/C9H20N2.2C4H9N.CH3.Mo/c1-6-9(10-7(2)3)11-8(4)5;2*1-4(2,3)5;;/h7-9H,6H2,1-5H3;2*1-3H3;1H3;/q-2;;;-1;. The van der Waals surface area contributed by atoms with Crippen molar-refractivity contribution in [3.63, 3.8) is 0 Å². The molecule has 0 fully saturated rings. The normalized spacial score (nSPS) is 11.7. The number of hydrogen-bond acceptors (Lipinski definition) is 2. The molecule has 0 spiro atoms. The predicted molar refractivity (Wildman–Crippen MR) is 102 cm³/mol. The Bertz CT molecular complexity index is 304. The Balaban J connectivity index is -0.000000333. The largest absolute Gasteiger partial charge is 0.676 e. The Kier molecular flexibility index (Phi) is 16.4. The van der Waals surface area contributed by atoms with Crippen LogP contribution in [0.1, 0.15) is 82.6 Å². The fourth-order valence-corrected chi connectivity index (χ4v) is 2.51. The van der Waals surface area contributed by atoms with Crippen LogP contribution in [0.25, 0.3) is 10.6 Å². The van der Waals surface area contributed by atoms with Gasteiger partial charge in [0, 0.05) is 0 Å². The quantitative estimate of drug-likeness (QED) is 0.355. The van der Waals surface area contributed by atoms with Gasteiger partial charge in [-0.05, 0) is 0 Å². The summed E-state index contributed by atoms with van der Waals surface area (Å²) in [5, 5.41) is 8.94. The molecule has 0 saturated heterocycles. The first-order valence-corrected chi connectivity index (χ1v) is 10.1. The SMILES string of the molecule is CC(C)(C)[N]=[Mo]=[N]C(C)(C)C.CCC([N-]C(C)C)[N-]C(C)C.[CH3-]. The van der Waals surface area contributed by atoms with Crippen LogP contribution >= 0.6 is 0 Å². The summed E-state index contributed by atoms with van der Waals surface area (Å²) >= 11 is -0.473. The molecule has 0 N–H and O–H groups in total. The molecule has 0 aromatic carbocycles. The monoisotopic (exact) mass is 411 g/mol. The Hall–Kier alpha value is 0.208. The van der Waals surface area contributed by atoms with Gasteiger partial charge in [-0.15, -0.1) is 12.1 Å². The topological polar surface area (TPSA) is 52.9 Å². The second-order valence-corrected chi connectivity index (χ2v) is 9.28. The van der Waals surface area contributed by atoms with Crippen molar-refractivity contribution in [2.24, 2.45) is 6.99 Å². The van der Waals surface area contributed by atoms with E-state index in [0.29, 0.717) is 12.1 Å². The van der Waals surface area contributed by atoms with Gasteiger partial charge in [0.2, 0.25) is 0 Å². The van der Waals surface area contributed by atoms with Crippen molar-refractivity contribution in [2.45, 2.75) is 112 Å². The third kappa shape index (κ3) is 27.4. The van der Waals surface area contributed by atoms with E-state index in [-0.39, 0.29) is 24.7 Å². The van der Waals surface area contributed by atoms with Crippen LogP contribution in [0.2, 0.25) is 0 Å². The minimum atomic E-state index is -0.473. The molecule has 0 unspecified atom stereocenters. The van der Waals surface area contributed by atoms with E-state index in [1.807, 2.05) is 0 Å². The van der Waals surface area contributed by atoms with E-state index in [4.69, 9.17) is 0 Å². The Morgan fingerprint density at radius 1 is 0.783 bits per heavy atom. The van der Waals surface area contributed by atoms with E-state index in [2.05, 4.69) is 93.8 Å². The smallest absolute Gasteiger partial charge is 0.0684 e. The fraction of sp³-hybridized carbons (Fsp3) is 0.944. The van der Waals surface area contributed by atoms with E-state index in [1.54, 1.807) is 0 Å². The van der Waals surface area contributed by atoms with E-state index in [0.717, 1.165) is 6.42 Å². The molecular formula is C18H41MoN4-3. The van der Waals surface area contributed by atoms with Gasteiger partial charge >= 0.3 is 77.8 Å². The fourth-order valence-electron chi connectivity index (χ4n) is 1.20. The Morgan fingerprint density at radius 3 is 1.26 bits per heavy atom. The van der Waals surface area contributed by atoms with Gasteiger partial charge in [-0.1, -0.05) is 41.0 Å². The molecule has 0 atom stereocenters. The molecule has 142 valence electrons.